The number of fused-ring (bicyclic) bond motifs is 1. The van der Waals surface area contributed by atoms with Gasteiger partial charge >= 0.3 is 5.69 Å². The summed E-state index contributed by atoms with van der Waals surface area (Å²) < 4.78 is 1.32. The summed E-state index contributed by atoms with van der Waals surface area (Å²) >= 11 is 5.76. The van der Waals surface area contributed by atoms with Gasteiger partial charge in [0.15, 0.2) is 0 Å². The summed E-state index contributed by atoms with van der Waals surface area (Å²) in [6.45, 7) is 0.239. The topological polar surface area (TPSA) is 93.8 Å². The van der Waals surface area contributed by atoms with E-state index in [9.17, 15) is 9.59 Å². The van der Waals surface area contributed by atoms with E-state index in [1.807, 2.05) is 6.07 Å². The largest absolute Gasteiger partial charge is 0.398 e. The predicted octanol–water partition coefficient (Wildman–Crippen LogP) is 1.37. The van der Waals surface area contributed by atoms with Crippen molar-refractivity contribution >= 4 is 28.2 Å². The molecule has 1 aromatic carbocycles. The predicted molar refractivity (Wildman–Crippen MR) is 81.6 cm³/mol. The second kappa shape index (κ2) is 5.06. The van der Waals surface area contributed by atoms with Gasteiger partial charge in [-0.05, 0) is 23.8 Å². The fraction of sp³-hybridized carbons (Fsp3) is 0.0714. The summed E-state index contributed by atoms with van der Waals surface area (Å²) in [5, 5.41) is 0.779. The fourth-order valence-corrected chi connectivity index (χ4v) is 2.33. The van der Waals surface area contributed by atoms with Crippen molar-refractivity contribution in [1.29, 1.82) is 0 Å². The zero-order valence-corrected chi connectivity index (χ0v) is 11.6. The minimum Gasteiger partial charge on any atom is -0.398 e. The Balaban J connectivity index is 2.15. The van der Waals surface area contributed by atoms with Gasteiger partial charge in [0, 0.05) is 23.5 Å². The molecule has 7 heteroatoms. The van der Waals surface area contributed by atoms with Crippen molar-refractivity contribution in [1.82, 2.24) is 14.5 Å². The van der Waals surface area contributed by atoms with E-state index in [2.05, 4.69) is 9.97 Å². The lowest BCUT2D eigenvalue weighted by Crippen LogP contribution is -2.30. The highest BCUT2D eigenvalue weighted by Gasteiger charge is 2.08. The number of hydrogen-bond acceptors (Lipinski definition) is 4. The summed E-state index contributed by atoms with van der Waals surface area (Å²) in [6.07, 6.45) is 2.97. The van der Waals surface area contributed by atoms with Crippen LogP contribution in [0.5, 0.6) is 0 Å². The molecule has 106 valence electrons. The van der Waals surface area contributed by atoms with Gasteiger partial charge in [0.2, 0.25) is 0 Å². The van der Waals surface area contributed by atoms with Gasteiger partial charge in [-0.25, -0.2) is 4.79 Å². The number of pyridine rings is 1. The minimum absolute atomic E-state index is 0.0395. The van der Waals surface area contributed by atoms with Gasteiger partial charge < -0.3 is 5.73 Å². The Kier molecular flexibility index (Phi) is 3.23. The number of nitrogens with zero attached hydrogens (tertiary/aromatic N) is 2. The van der Waals surface area contributed by atoms with Crippen LogP contribution in [-0.4, -0.2) is 14.5 Å². The normalized spacial score (nSPS) is 10.9. The van der Waals surface area contributed by atoms with Crippen LogP contribution >= 0.6 is 11.6 Å². The first kappa shape index (κ1) is 13.4. The van der Waals surface area contributed by atoms with Crippen molar-refractivity contribution < 1.29 is 0 Å². The van der Waals surface area contributed by atoms with E-state index in [4.69, 9.17) is 17.3 Å². The molecular weight excluding hydrogens is 292 g/mol. The first-order chi connectivity index (χ1) is 10.1. The smallest absolute Gasteiger partial charge is 0.328 e. The zero-order chi connectivity index (χ0) is 15.0. The zero-order valence-electron chi connectivity index (χ0n) is 10.8. The molecule has 0 fully saturated rings. The molecule has 3 rings (SSSR count). The molecule has 0 aliphatic rings. The number of H-pyrrole nitrogens is 1. The molecule has 0 aliphatic heterocycles. The number of hydrogen-bond donors (Lipinski definition) is 2. The Morgan fingerprint density at radius 3 is 2.90 bits per heavy atom. The average Bonchev–Trinajstić information content (AvgIpc) is 2.48. The first-order valence-corrected chi connectivity index (χ1v) is 6.55. The monoisotopic (exact) mass is 302 g/mol. The van der Waals surface area contributed by atoms with E-state index in [1.165, 1.54) is 10.8 Å². The average molecular weight is 303 g/mol. The lowest BCUT2D eigenvalue weighted by atomic mass is 10.1. The van der Waals surface area contributed by atoms with Crippen LogP contribution in [0.3, 0.4) is 0 Å². The summed E-state index contributed by atoms with van der Waals surface area (Å²) in [7, 11) is 0. The Hall–Kier alpha value is -2.60. The molecule has 0 unspecified atom stereocenters. The minimum atomic E-state index is -0.599. The molecule has 2 aromatic heterocycles. The van der Waals surface area contributed by atoms with Gasteiger partial charge in [-0.15, -0.1) is 0 Å². The number of aromatic nitrogens is 3. The number of halogens is 1. The van der Waals surface area contributed by atoms with Crippen molar-refractivity contribution in [3.05, 3.63) is 68.1 Å². The number of nitrogens with two attached hydrogens (primary N) is 1. The lowest BCUT2D eigenvalue weighted by Gasteiger charge is -2.09. The maximum Gasteiger partial charge on any atom is 0.328 e. The van der Waals surface area contributed by atoms with Gasteiger partial charge in [0.1, 0.15) is 5.02 Å². The van der Waals surface area contributed by atoms with Crippen LogP contribution in [-0.2, 0) is 6.54 Å². The number of rotatable bonds is 2. The second-order valence-electron chi connectivity index (χ2n) is 4.58. The van der Waals surface area contributed by atoms with E-state index in [0.29, 0.717) is 11.2 Å². The summed E-state index contributed by atoms with van der Waals surface area (Å²) in [5.74, 6) is 0. The van der Waals surface area contributed by atoms with E-state index >= 15 is 0 Å². The number of anilines is 1. The Morgan fingerprint density at radius 2 is 2.10 bits per heavy atom. The van der Waals surface area contributed by atoms with Gasteiger partial charge in [-0.3, -0.25) is 19.3 Å². The molecular formula is C14H11ClN4O2. The highest BCUT2D eigenvalue weighted by molar-refractivity contribution is 6.30. The summed E-state index contributed by atoms with van der Waals surface area (Å²) in [4.78, 5) is 29.5. The van der Waals surface area contributed by atoms with Gasteiger partial charge in [-0.1, -0.05) is 17.7 Å². The molecule has 0 radical (unpaired) electrons. The first-order valence-electron chi connectivity index (χ1n) is 6.17. The Bertz CT molecular complexity index is 946. The van der Waals surface area contributed by atoms with Crippen LogP contribution in [0, 0.1) is 0 Å². The molecule has 3 aromatic rings. The molecule has 3 N–H and O–H groups in total. The van der Waals surface area contributed by atoms with Crippen molar-refractivity contribution in [2.75, 3.05) is 5.73 Å². The second-order valence-corrected chi connectivity index (χ2v) is 4.98. The molecule has 0 bridgehead atoms. The fourth-order valence-electron chi connectivity index (χ4n) is 2.16. The van der Waals surface area contributed by atoms with Gasteiger partial charge in [0.25, 0.3) is 5.56 Å². The molecule has 0 saturated heterocycles. The van der Waals surface area contributed by atoms with Gasteiger partial charge in [0.05, 0.1) is 12.1 Å². The number of nitrogen functional groups attached to an aromatic ring is 1. The quantitative estimate of drug-likeness (QED) is 0.699. The van der Waals surface area contributed by atoms with E-state index < -0.39 is 11.2 Å². The third-order valence-corrected chi connectivity index (χ3v) is 3.46. The van der Waals surface area contributed by atoms with Crippen molar-refractivity contribution in [3.63, 3.8) is 0 Å². The van der Waals surface area contributed by atoms with Crippen molar-refractivity contribution in [2.24, 2.45) is 0 Å². The summed E-state index contributed by atoms with van der Waals surface area (Å²) in [6, 6.07) is 7.23. The van der Waals surface area contributed by atoms with E-state index in [0.717, 1.165) is 10.9 Å². The van der Waals surface area contributed by atoms with Crippen LogP contribution in [0.15, 0.2) is 46.2 Å². The number of aromatic amines is 1. The molecule has 0 amide bonds. The standard InChI is InChI=1S/C14H11ClN4O2/c15-10-7-19(14(21)18-13(10)20)6-8-3-4-11(16)9-2-1-5-17-12(8)9/h1-5,7H,6,16H2,(H,18,20,21). The SMILES string of the molecule is Nc1ccc(Cn2cc(Cl)c(=O)[nH]c2=O)c2ncccc12. The molecule has 6 nitrogen and oxygen atoms in total. The van der Waals surface area contributed by atoms with Crippen LogP contribution in [0.2, 0.25) is 5.02 Å². The molecule has 0 spiro atoms. The molecule has 0 saturated carbocycles. The van der Waals surface area contributed by atoms with Crippen LogP contribution in [0.4, 0.5) is 5.69 Å². The van der Waals surface area contributed by atoms with Crippen LogP contribution < -0.4 is 17.0 Å². The summed E-state index contributed by atoms with van der Waals surface area (Å²) in [5.41, 5.74) is 6.94. The number of nitrogens with one attached hydrogen (secondary N) is 1. The maximum atomic E-state index is 11.8. The molecule has 21 heavy (non-hydrogen) atoms. The van der Waals surface area contributed by atoms with Gasteiger partial charge in [-0.2, -0.15) is 0 Å². The van der Waals surface area contributed by atoms with Crippen LogP contribution in [0.1, 0.15) is 5.56 Å². The Labute approximate surface area is 123 Å². The lowest BCUT2D eigenvalue weighted by molar-refractivity contribution is 0.723. The highest BCUT2D eigenvalue weighted by Crippen LogP contribution is 2.22. The van der Waals surface area contributed by atoms with Crippen molar-refractivity contribution in [2.45, 2.75) is 6.54 Å². The molecule has 0 atom stereocenters. The molecule has 2 heterocycles. The maximum absolute atomic E-state index is 11.8. The number of benzene rings is 1. The molecule has 0 aliphatic carbocycles. The van der Waals surface area contributed by atoms with E-state index in [-0.39, 0.29) is 11.6 Å². The third kappa shape index (κ3) is 2.41. The third-order valence-electron chi connectivity index (χ3n) is 3.20. The van der Waals surface area contributed by atoms with Crippen molar-refractivity contribution in [3.8, 4) is 0 Å². The van der Waals surface area contributed by atoms with E-state index in [1.54, 1.807) is 24.4 Å². The Morgan fingerprint density at radius 1 is 1.29 bits per heavy atom. The van der Waals surface area contributed by atoms with Crippen LogP contribution in [0.25, 0.3) is 10.9 Å². The highest BCUT2D eigenvalue weighted by atomic mass is 35.5.